The summed E-state index contributed by atoms with van der Waals surface area (Å²) >= 11 is 0. The van der Waals surface area contributed by atoms with Gasteiger partial charge in [-0.3, -0.25) is 0 Å². The van der Waals surface area contributed by atoms with Crippen molar-refractivity contribution in [1.29, 1.82) is 0 Å². The van der Waals surface area contributed by atoms with Gasteiger partial charge in [0.15, 0.2) is 0 Å². The van der Waals surface area contributed by atoms with Crippen LogP contribution in [0.1, 0.15) is 104 Å². The van der Waals surface area contributed by atoms with Gasteiger partial charge in [0.05, 0.1) is 13.1 Å². The predicted molar refractivity (Wildman–Crippen MR) is 101 cm³/mol. The molecule has 2 nitrogen and oxygen atoms in total. The average molecular weight is 322 g/mol. The zero-order valence-corrected chi connectivity index (χ0v) is 15.9. The number of aromatic nitrogens is 2. The summed E-state index contributed by atoms with van der Waals surface area (Å²) < 4.78 is 4.72. The third-order valence-electron chi connectivity index (χ3n) is 4.79. The molecule has 0 atom stereocenters. The Labute approximate surface area is 145 Å². The van der Waals surface area contributed by atoms with Gasteiger partial charge in [-0.15, -0.1) is 0 Å². The first-order chi connectivity index (χ1) is 11.4. The largest absolute Gasteiger partial charge is 0.243 e. The van der Waals surface area contributed by atoms with Crippen molar-refractivity contribution >= 4 is 0 Å². The molecule has 0 saturated heterocycles. The third kappa shape index (κ3) is 11.4. The molecule has 0 saturated carbocycles. The lowest BCUT2D eigenvalue weighted by atomic mass is 10.1. The summed E-state index contributed by atoms with van der Waals surface area (Å²) in [6, 6.07) is 0. The Morgan fingerprint density at radius 1 is 0.652 bits per heavy atom. The minimum atomic E-state index is 1.19. The van der Waals surface area contributed by atoms with E-state index in [0.717, 1.165) is 0 Å². The van der Waals surface area contributed by atoms with E-state index < -0.39 is 0 Å². The van der Waals surface area contributed by atoms with Gasteiger partial charge in [0.25, 0.3) is 0 Å². The highest BCUT2D eigenvalue weighted by molar-refractivity contribution is 4.66. The fraction of sp³-hybridized carbons (Fsp3) is 0.857. The number of nitrogens with zero attached hydrogens (tertiary/aromatic N) is 2. The highest BCUT2D eigenvalue weighted by atomic mass is 15.1. The molecule has 0 aliphatic rings. The van der Waals surface area contributed by atoms with Crippen molar-refractivity contribution in [3.8, 4) is 0 Å². The molecule has 2 heteroatoms. The summed E-state index contributed by atoms with van der Waals surface area (Å²) in [6.07, 6.45) is 26.3. The normalized spacial score (nSPS) is 11.2. The summed E-state index contributed by atoms with van der Waals surface area (Å²) in [6.45, 7) is 6.94. The zero-order chi connectivity index (χ0) is 16.6. The second-order valence-corrected chi connectivity index (χ2v) is 7.13. The van der Waals surface area contributed by atoms with Gasteiger partial charge in [0, 0.05) is 0 Å². The van der Waals surface area contributed by atoms with Gasteiger partial charge in [-0.2, -0.15) is 0 Å². The van der Waals surface area contributed by atoms with Crippen molar-refractivity contribution in [2.75, 3.05) is 0 Å². The predicted octanol–water partition coefficient (Wildman–Crippen LogP) is 6.28. The number of imidazole rings is 1. The maximum Gasteiger partial charge on any atom is 0.243 e. The van der Waals surface area contributed by atoms with Crippen LogP contribution in [0.15, 0.2) is 18.7 Å². The van der Waals surface area contributed by atoms with Crippen molar-refractivity contribution in [3.05, 3.63) is 18.7 Å². The Balaban J connectivity index is 1.92. The first kappa shape index (κ1) is 20.3. The summed E-state index contributed by atoms with van der Waals surface area (Å²) in [5, 5.41) is 0. The summed E-state index contributed by atoms with van der Waals surface area (Å²) in [5.74, 6) is 0. The van der Waals surface area contributed by atoms with Crippen LogP contribution in [0, 0.1) is 0 Å². The van der Waals surface area contributed by atoms with Gasteiger partial charge in [-0.05, 0) is 25.7 Å². The quantitative estimate of drug-likeness (QED) is 0.250. The minimum absolute atomic E-state index is 1.19. The van der Waals surface area contributed by atoms with Crippen molar-refractivity contribution in [2.45, 2.75) is 117 Å². The van der Waals surface area contributed by atoms with Crippen LogP contribution in [-0.2, 0) is 13.1 Å². The van der Waals surface area contributed by atoms with Crippen LogP contribution in [-0.4, -0.2) is 4.57 Å². The van der Waals surface area contributed by atoms with Crippen molar-refractivity contribution in [2.24, 2.45) is 0 Å². The van der Waals surface area contributed by atoms with Crippen molar-refractivity contribution in [1.82, 2.24) is 4.57 Å². The van der Waals surface area contributed by atoms with Crippen LogP contribution in [0.4, 0.5) is 0 Å². The topological polar surface area (TPSA) is 8.81 Å². The molecule has 0 unspecified atom stereocenters. The van der Waals surface area contributed by atoms with Gasteiger partial charge in [0.2, 0.25) is 6.33 Å². The number of aryl methyl sites for hydroxylation is 2. The molecule has 0 aliphatic heterocycles. The first-order valence-corrected chi connectivity index (χ1v) is 10.4. The molecule has 1 aromatic heterocycles. The molecule has 0 amide bonds. The molecular formula is C21H41N2+. The van der Waals surface area contributed by atoms with Gasteiger partial charge in [-0.25, -0.2) is 9.13 Å². The Bertz CT molecular complexity index is 356. The number of rotatable bonds is 16. The van der Waals surface area contributed by atoms with Gasteiger partial charge < -0.3 is 0 Å². The minimum Gasteiger partial charge on any atom is -0.237 e. The molecule has 0 N–H and O–H groups in total. The van der Waals surface area contributed by atoms with Crippen molar-refractivity contribution in [3.63, 3.8) is 0 Å². The molecule has 1 heterocycles. The van der Waals surface area contributed by atoms with E-state index >= 15 is 0 Å². The van der Waals surface area contributed by atoms with E-state index in [1.54, 1.807) is 0 Å². The van der Waals surface area contributed by atoms with E-state index in [9.17, 15) is 0 Å². The van der Waals surface area contributed by atoms with Crippen LogP contribution < -0.4 is 4.57 Å². The van der Waals surface area contributed by atoms with E-state index in [4.69, 9.17) is 0 Å². The molecule has 0 spiro atoms. The molecule has 1 aromatic rings. The lowest BCUT2D eigenvalue weighted by molar-refractivity contribution is -0.696. The SMILES string of the molecule is CCCCCCCCCCCC[n+]1ccn(CCCCCC)c1. The molecule has 0 aromatic carbocycles. The second kappa shape index (κ2) is 14.8. The summed E-state index contributed by atoms with van der Waals surface area (Å²) in [5.41, 5.74) is 0. The molecule has 0 radical (unpaired) electrons. The van der Waals surface area contributed by atoms with Crippen molar-refractivity contribution < 1.29 is 4.57 Å². The zero-order valence-electron chi connectivity index (χ0n) is 15.9. The Morgan fingerprint density at radius 2 is 1.17 bits per heavy atom. The summed E-state index contributed by atoms with van der Waals surface area (Å²) in [4.78, 5) is 0. The van der Waals surface area contributed by atoms with Crippen LogP contribution in [0.3, 0.4) is 0 Å². The molecule has 134 valence electrons. The van der Waals surface area contributed by atoms with E-state index in [-0.39, 0.29) is 0 Å². The maximum absolute atomic E-state index is 2.37. The Kier molecular flexibility index (Phi) is 13.0. The molecule has 0 fully saturated rings. The molecule has 0 aliphatic carbocycles. The average Bonchev–Trinajstić information content (AvgIpc) is 3.01. The fourth-order valence-electron chi connectivity index (χ4n) is 3.21. The van der Waals surface area contributed by atoms with E-state index in [1.165, 1.54) is 103 Å². The van der Waals surface area contributed by atoms with Gasteiger partial charge >= 0.3 is 0 Å². The van der Waals surface area contributed by atoms with Crippen LogP contribution in [0.2, 0.25) is 0 Å². The smallest absolute Gasteiger partial charge is 0.237 e. The first-order valence-electron chi connectivity index (χ1n) is 10.4. The third-order valence-corrected chi connectivity index (χ3v) is 4.79. The number of unbranched alkanes of at least 4 members (excludes halogenated alkanes) is 12. The molecule has 0 bridgehead atoms. The number of hydrogen-bond acceptors (Lipinski definition) is 0. The molecule has 1 rings (SSSR count). The monoisotopic (exact) mass is 321 g/mol. The Morgan fingerprint density at radius 3 is 1.78 bits per heavy atom. The standard InChI is InChI=1S/C21H41N2/c1-3-5-7-9-10-11-12-13-14-16-18-23-20-19-22(21-23)17-15-8-6-4-2/h19-21H,3-18H2,1-2H3/q+1. The number of hydrogen-bond donors (Lipinski definition) is 0. The second-order valence-electron chi connectivity index (χ2n) is 7.13. The van der Waals surface area contributed by atoms with Crippen LogP contribution in [0.25, 0.3) is 0 Å². The highest BCUT2D eigenvalue weighted by Gasteiger charge is 2.03. The lowest BCUT2D eigenvalue weighted by Gasteiger charge is -2.01. The van der Waals surface area contributed by atoms with Crippen LogP contribution >= 0.6 is 0 Å². The highest BCUT2D eigenvalue weighted by Crippen LogP contribution is 2.10. The van der Waals surface area contributed by atoms with Gasteiger partial charge in [0.1, 0.15) is 12.4 Å². The van der Waals surface area contributed by atoms with E-state index in [1.807, 2.05) is 0 Å². The maximum atomic E-state index is 2.37. The molecular weight excluding hydrogens is 280 g/mol. The summed E-state index contributed by atoms with van der Waals surface area (Å²) in [7, 11) is 0. The molecule has 23 heavy (non-hydrogen) atoms. The van der Waals surface area contributed by atoms with E-state index in [2.05, 4.69) is 41.7 Å². The lowest BCUT2D eigenvalue weighted by Crippen LogP contribution is -2.30. The Hall–Kier alpha value is -0.790. The fourth-order valence-corrected chi connectivity index (χ4v) is 3.21. The van der Waals surface area contributed by atoms with Gasteiger partial charge in [-0.1, -0.05) is 78.1 Å². The van der Waals surface area contributed by atoms with Crippen LogP contribution in [0.5, 0.6) is 0 Å². The van der Waals surface area contributed by atoms with E-state index in [0.29, 0.717) is 0 Å².